The fourth-order valence-corrected chi connectivity index (χ4v) is 2.67. The molecule has 6 heteroatoms. The minimum Gasteiger partial charge on any atom is -0.482 e. The summed E-state index contributed by atoms with van der Waals surface area (Å²) in [5, 5.41) is 6.33. The van der Waals surface area contributed by atoms with Gasteiger partial charge in [-0.05, 0) is 43.2 Å². The molecule has 0 aliphatic carbocycles. The fraction of sp³-hybridized carbons (Fsp3) is 0.368. The molecule has 0 saturated carbocycles. The minimum atomic E-state index is -0.117. The third-order valence-corrected chi connectivity index (χ3v) is 4.42. The Kier molecular flexibility index (Phi) is 5.19. The molecule has 1 amide bonds. The van der Waals surface area contributed by atoms with Crippen LogP contribution in [0.25, 0.3) is 0 Å². The van der Waals surface area contributed by atoms with E-state index in [-0.39, 0.29) is 18.6 Å². The molecule has 1 aliphatic rings. The van der Waals surface area contributed by atoms with Crippen molar-refractivity contribution in [3.05, 3.63) is 47.7 Å². The van der Waals surface area contributed by atoms with E-state index in [1.807, 2.05) is 37.5 Å². The highest BCUT2D eigenvalue weighted by atomic mass is 16.5. The largest absolute Gasteiger partial charge is 0.482 e. The Labute approximate surface area is 148 Å². The lowest BCUT2D eigenvalue weighted by molar-refractivity contribution is -0.118. The van der Waals surface area contributed by atoms with E-state index in [4.69, 9.17) is 4.74 Å². The Hall–Kier alpha value is -2.60. The number of ether oxygens (including phenoxy) is 1. The normalized spacial score (nSPS) is 14.3. The summed E-state index contributed by atoms with van der Waals surface area (Å²) in [7, 11) is 2.03. The number of aromatic nitrogens is 1. The van der Waals surface area contributed by atoms with Crippen LogP contribution in [-0.4, -0.2) is 31.1 Å². The maximum absolute atomic E-state index is 11.5. The van der Waals surface area contributed by atoms with Crippen molar-refractivity contribution in [3.8, 4) is 5.75 Å². The highest BCUT2D eigenvalue weighted by Crippen LogP contribution is 2.30. The molecule has 0 saturated heterocycles. The van der Waals surface area contributed by atoms with Crippen LogP contribution in [0.1, 0.15) is 31.0 Å². The zero-order valence-electron chi connectivity index (χ0n) is 14.9. The summed E-state index contributed by atoms with van der Waals surface area (Å²) in [6.45, 7) is 5.94. The van der Waals surface area contributed by atoms with Gasteiger partial charge in [-0.25, -0.2) is 4.98 Å². The SMILES string of the molecule is CCN(C)c1ccc(CNC(C)c2ccc3c(c2)NC(=O)CO3)cn1. The topological polar surface area (TPSA) is 66.5 Å². The van der Waals surface area contributed by atoms with Gasteiger partial charge in [0.1, 0.15) is 11.6 Å². The van der Waals surface area contributed by atoms with E-state index < -0.39 is 0 Å². The fourth-order valence-electron chi connectivity index (χ4n) is 2.67. The minimum absolute atomic E-state index is 0.0797. The molecule has 0 radical (unpaired) electrons. The van der Waals surface area contributed by atoms with Crippen LogP contribution in [0.3, 0.4) is 0 Å². The Morgan fingerprint density at radius 1 is 1.36 bits per heavy atom. The second-order valence-electron chi connectivity index (χ2n) is 6.23. The lowest BCUT2D eigenvalue weighted by Gasteiger charge is -2.21. The van der Waals surface area contributed by atoms with Crippen LogP contribution >= 0.6 is 0 Å². The predicted molar refractivity (Wildman–Crippen MR) is 99.0 cm³/mol. The first-order valence-corrected chi connectivity index (χ1v) is 8.53. The average molecular weight is 340 g/mol. The molecule has 2 heterocycles. The van der Waals surface area contributed by atoms with E-state index in [1.165, 1.54) is 0 Å². The Balaban J connectivity index is 1.62. The first kappa shape index (κ1) is 17.2. The average Bonchev–Trinajstić information content (AvgIpc) is 2.65. The summed E-state index contributed by atoms with van der Waals surface area (Å²) >= 11 is 0. The van der Waals surface area contributed by atoms with Crippen molar-refractivity contribution in [2.75, 3.05) is 30.4 Å². The third-order valence-electron chi connectivity index (χ3n) is 4.42. The maximum Gasteiger partial charge on any atom is 0.262 e. The van der Waals surface area contributed by atoms with E-state index in [0.29, 0.717) is 0 Å². The number of fused-ring (bicyclic) bond motifs is 1. The lowest BCUT2D eigenvalue weighted by atomic mass is 10.1. The number of pyridine rings is 1. The van der Waals surface area contributed by atoms with Gasteiger partial charge in [0.2, 0.25) is 0 Å². The first-order valence-electron chi connectivity index (χ1n) is 8.53. The number of amides is 1. The Bertz CT molecular complexity index is 746. The van der Waals surface area contributed by atoms with E-state index >= 15 is 0 Å². The quantitative estimate of drug-likeness (QED) is 0.846. The number of carbonyl (C=O) groups is 1. The Morgan fingerprint density at radius 3 is 2.92 bits per heavy atom. The van der Waals surface area contributed by atoms with Crippen molar-refractivity contribution in [3.63, 3.8) is 0 Å². The lowest BCUT2D eigenvalue weighted by Crippen LogP contribution is -2.26. The number of benzene rings is 1. The Morgan fingerprint density at radius 2 is 2.20 bits per heavy atom. The van der Waals surface area contributed by atoms with Crippen molar-refractivity contribution in [2.24, 2.45) is 0 Å². The molecular formula is C19H24N4O2. The van der Waals surface area contributed by atoms with Gasteiger partial charge in [0.15, 0.2) is 6.61 Å². The first-order chi connectivity index (χ1) is 12.1. The van der Waals surface area contributed by atoms with Gasteiger partial charge in [-0.2, -0.15) is 0 Å². The summed E-state index contributed by atoms with van der Waals surface area (Å²) in [5.74, 6) is 1.58. The van der Waals surface area contributed by atoms with Crippen LogP contribution in [0.2, 0.25) is 0 Å². The monoisotopic (exact) mass is 340 g/mol. The third kappa shape index (κ3) is 4.09. The summed E-state index contributed by atoms with van der Waals surface area (Å²) in [5.41, 5.74) is 2.96. The van der Waals surface area contributed by atoms with Crippen molar-refractivity contribution < 1.29 is 9.53 Å². The van der Waals surface area contributed by atoms with E-state index in [1.54, 1.807) is 0 Å². The van der Waals surface area contributed by atoms with Crippen molar-refractivity contribution in [1.82, 2.24) is 10.3 Å². The number of nitrogens with zero attached hydrogens (tertiary/aromatic N) is 2. The molecular weight excluding hydrogens is 316 g/mol. The van der Waals surface area contributed by atoms with Gasteiger partial charge in [0, 0.05) is 32.4 Å². The van der Waals surface area contributed by atoms with Crippen molar-refractivity contribution in [1.29, 1.82) is 0 Å². The number of rotatable bonds is 6. The van der Waals surface area contributed by atoms with E-state index in [2.05, 4.69) is 40.4 Å². The molecule has 1 atom stereocenters. The molecule has 1 unspecified atom stereocenters. The molecule has 3 rings (SSSR count). The highest BCUT2D eigenvalue weighted by molar-refractivity contribution is 5.95. The molecule has 2 aromatic rings. The van der Waals surface area contributed by atoms with Crippen LogP contribution < -0.4 is 20.3 Å². The van der Waals surface area contributed by atoms with E-state index in [9.17, 15) is 4.79 Å². The van der Waals surface area contributed by atoms with Crippen LogP contribution in [0.4, 0.5) is 11.5 Å². The number of hydrogen-bond acceptors (Lipinski definition) is 5. The van der Waals surface area contributed by atoms with Crippen LogP contribution in [0, 0.1) is 0 Å². The molecule has 132 valence electrons. The van der Waals surface area contributed by atoms with Gasteiger partial charge in [-0.3, -0.25) is 4.79 Å². The van der Waals surface area contributed by atoms with Gasteiger partial charge in [-0.15, -0.1) is 0 Å². The van der Waals surface area contributed by atoms with E-state index in [0.717, 1.165) is 41.5 Å². The number of carbonyl (C=O) groups excluding carboxylic acids is 1. The van der Waals surface area contributed by atoms with Crippen molar-refractivity contribution in [2.45, 2.75) is 26.4 Å². The second-order valence-corrected chi connectivity index (χ2v) is 6.23. The van der Waals surface area contributed by atoms with Gasteiger partial charge >= 0.3 is 0 Å². The summed E-state index contributed by atoms with van der Waals surface area (Å²) < 4.78 is 5.39. The molecule has 6 nitrogen and oxygen atoms in total. The molecule has 25 heavy (non-hydrogen) atoms. The maximum atomic E-state index is 11.5. The predicted octanol–water partition coefficient (Wildman–Crippen LogP) is 2.72. The molecule has 2 N–H and O–H groups in total. The second kappa shape index (κ2) is 7.53. The van der Waals surface area contributed by atoms with Crippen molar-refractivity contribution >= 4 is 17.4 Å². The van der Waals surface area contributed by atoms with Gasteiger partial charge in [0.05, 0.1) is 5.69 Å². The van der Waals surface area contributed by atoms with Crippen LogP contribution in [-0.2, 0) is 11.3 Å². The zero-order chi connectivity index (χ0) is 17.8. The summed E-state index contributed by atoms with van der Waals surface area (Å²) in [6.07, 6.45) is 1.90. The molecule has 0 spiro atoms. The molecule has 1 aromatic heterocycles. The van der Waals surface area contributed by atoms with Gasteiger partial charge < -0.3 is 20.3 Å². The smallest absolute Gasteiger partial charge is 0.262 e. The number of anilines is 2. The molecule has 0 bridgehead atoms. The van der Waals surface area contributed by atoms with Crippen LogP contribution in [0.15, 0.2) is 36.5 Å². The van der Waals surface area contributed by atoms with Gasteiger partial charge in [-0.1, -0.05) is 12.1 Å². The highest BCUT2D eigenvalue weighted by Gasteiger charge is 2.17. The summed E-state index contributed by atoms with van der Waals surface area (Å²) in [6, 6.07) is 10.2. The number of hydrogen-bond donors (Lipinski definition) is 2. The van der Waals surface area contributed by atoms with Gasteiger partial charge in [0.25, 0.3) is 5.91 Å². The zero-order valence-corrected chi connectivity index (χ0v) is 14.9. The molecule has 0 fully saturated rings. The molecule has 1 aromatic carbocycles. The van der Waals surface area contributed by atoms with Crippen LogP contribution in [0.5, 0.6) is 5.75 Å². The summed E-state index contributed by atoms with van der Waals surface area (Å²) in [4.78, 5) is 18.0. The number of nitrogens with one attached hydrogen (secondary N) is 2. The molecule has 1 aliphatic heterocycles. The standard InChI is InChI=1S/C19H24N4O2/c1-4-23(3)18-8-5-14(11-21-18)10-20-13(2)15-6-7-17-16(9-15)22-19(24)12-25-17/h5-9,11,13,20H,4,10,12H2,1-3H3,(H,22,24).